The third kappa shape index (κ3) is 5.99. The topological polar surface area (TPSA) is 35.0 Å². The molecule has 0 bridgehead atoms. The zero-order chi connectivity index (χ0) is 21.3. The molecule has 0 amide bonds. The van der Waals surface area contributed by atoms with Gasteiger partial charge in [0.15, 0.2) is 11.6 Å². The highest BCUT2D eigenvalue weighted by molar-refractivity contribution is 5.60. The van der Waals surface area contributed by atoms with Crippen molar-refractivity contribution in [3.05, 3.63) is 41.5 Å². The molecule has 2 aromatic rings. The van der Waals surface area contributed by atoms with E-state index in [0.29, 0.717) is 36.1 Å². The van der Waals surface area contributed by atoms with E-state index in [9.17, 15) is 8.78 Å². The van der Waals surface area contributed by atoms with Gasteiger partial charge in [-0.25, -0.2) is 8.78 Å². The molecule has 1 fully saturated rings. The van der Waals surface area contributed by atoms with E-state index in [4.69, 9.17) is 4.74 Å². The Hall–Kier alpha value is -2.04. The zero-order valence-corrected chi connectivity index (χ0v) is 18.3. The minimum absolute atomic E-state index is 0.138. The van der Waals surface area contributed by atoms with Gasteiger partial charge in [0, 0.05) is 11.6 Å². The minimum atomic E-state index is -0.842. The second-order valence-electron chi connectivity index (χ2n) is 8.51. The number of hydrogen-bond acceptors (Lipinski definition) is 3. The number of benzene rings is 1. The lowest BCUT2D eigenvalue weighted by Gasteiger charge is -2.28. The number of unbranched alkanes of at least 4 members (excludes halogenated alkanes) is 2. The van der Waals surface area contributed by atoms with Crippen LogP contribution in [0.4, 0.5) is 8.78 Å². The fourth-order valence-corrected chi connectivity index (χ4v) is 4.52. The van der Waals surface area contributed by atoms with E-state index >= 15 is 0 Å². The van der Waals surface area contributed by atoms with Crippen molar-refractivity contribution in [3.8, 4) is 17.1 Å². The standard InChI is InChI=1S/C25H34F2N2O/c1-3-5-6-7-18-8-10-19(11-9-18)12-13-20-14-15-21(25(27)24(20)26)22-16-17-23(29-28-22)30-4-2/h14-19H,3-13H2,1-2H3. The SMILES string of the molecule is CCCCCC1CCC(CCc2ccc(-c3ccc(OCC)nn3)c(F)c2F)CC1. The second-order valence-corrected chi connectivity index (χ2v) is 8.51. The van der Waals surface area contributed by atoms with Gasteiger partial charge in [-0.3, -0.25) is 0 Å². The Balaban J connectivity index is 1.55. The van der Waals surface area contributed by atoms with Crippen LogP contribution in [0, 0.1) is 23.5 Å². The molecule has 164 valence electrons. The van der Waals surface area contributed by atoms with Crippen LogP contribution in [-0.2, 0) is 6.42 Å². The quantitative estimate of drug-likeness (QED) is 0.386. The molecular formula is C25H34F2N2O. The Morgan fingerprint density at radius 2 is 1.60 bits per heavy atom. The molecule has 0 N–H and O–H groups in total. The van der Waals surface area contributed by atoms with E-state index in [1.54, 1.807) is 24.3 Å². The van der Waals surface area contributed by atoms with Gasteiger partial charge in [0.1, 0.15) is 0 Å². The van der Waals surface area contributed by atoms with E-state index in [-0.39, 0.29) is 5.56 Å². The van der Waals surface area contributed by atoms with Gasteiger partial charge in [0.2, 0.25) is 5.88 Å². The smallest absolute Gasteiger partial charge is 0.233 e. The van der Waals surface area contributed by atoms with Crippen molar-refractivity contribution in [1.82, 2.24) is 10.2 Å². The molecule has 0 radical (unpaired) electrons. The Morgan fingerprint density at radius 1 is 0.867 bits per heavy atom. The molecule has 1 aliphatic rings. The summed E-state index contributed by atoms with van der Waals surface area (Å²) in [5, 5.41) is 7.87. The average molecular weight is 417 g/mol. The van der Waals surface area contributed by atoms with E-state index in [0.717, 1.165) is 12.3 Å². The third-order valence-electron chi connectivity index (χ3n) is 6.37. The van der Waals surface area contributed by atoms with Gasteiger partial charge in [-0.1, -0.05) is 64.4 Å². The van der Waals surface area contributed by atoms with Crippen LogP contribution in [0.15, 0.2) is 24.3 Å². The molecule has 3 nitrogen and oxygen atoms in total. The lowest BCUT2D eigenvalue weighted by molar-refractivity contribution is 0.248. The predicted molar refractivity (Wildman–Crippen MR) is 116 cm³/mol. The van der Waals surface area contributed by atoms with Gasteiger partial charge >= 0.3 is 0 Å². The summed E-state index contributed by atoms with van der Waals surface area (Å²) in [7, 11) is 0. The Morgan fingerprint density at radius 3 is 2.23 bits per heavy atom. The van der Waals surface area contributed by atoms with Crippen molar-refractivity contribution in [2.24, 2.45) is 11.8 Å². The minimum Gasteiger partial charge on any atom is -0.477 e. The Kier molecular flexibility index (Phi) is 8.59. The molecule has 1 aromatic carbocycles. The van der Waals surface area contributed by atoms with Crippen molar-refractivity contribution >= 4 is 0 Å². The highest BCUT2D eigenvalue weighted by Gasteiger charge is 2.22. The summed E-state index contributed by atoms with van der Waals surface area (Å²) in [5.41, 5.74) is 0.905. The maximum Gasteiger partial charge on any atom is 0.233 e. The molecule has 0 atom stereocenters. The van der Waals surface area contributed by atoms with Gasteiger partial charge in [-0.15, -0.1) is 10.2 Å². The van der Waals surface area contributed by atoms with E-state index in [1.165, 1.54) is 51.4 Å². The van der Waals surface area contributed by atoms with Crippen LogP contribution in [0.3, 0.4) is 0 Å². The van der Waals surface area contributed by atoms with Crippen LogP contribution in [0.2, 0.25) is 0 Å². The molecule has 0 aliphatic heterocycles. The highest BCUT2D eigenvalue weighted by Crippen LogP contribution is 2.35. The maximum atomic E-state index is 14.7. The first-order chi connectivity index (χ1) is 14.6. The molecular weight excluding hydrogens is 382 g/mol. The molecule has 30 heavy (non-hydrogen) atoms. The molecule has 5 heteroatoms. The molecule has 0 spiro atoms. The fraction of sp³-hybridized carbons (Fsp3) is 0.600. The number of ether oxygens (including phenoxy) is 1. The molecule has 3 rings (SSSR count). The summed E-state index contributed by atoms with van der Waals surface area (Å²) in [6, 6.07) is 6.54. The van der Waals surface area contributed by atoms with E-state index in [1.807, 2.05) is 6.92 Å². The van der Waals surface area contributed by atoms with Crippen molar-refractivity contribution in [2.75, 3.05) is 6.61 Å². The summed E-state index contributed by atoms with van der Waals surface area (Å²) in [6.45, 7) is 4.58. The largest absolute Gasteiger partial charge is 0.477 e. The summed E-state index contributed by atoms with van der Waals surface area (Å²) >= 11 is 0. The first-order valence-corrected chi connectivity index (χ1v) is 11.6. The van der Waals surface area contributed by atoms with E-state index in [2.05, 4.69) is 17.1 Å². The molecule has 1 aromatic heterocycles. The summed E-state index contributed by atoms with van der Waals surface area (Å²) in [6.07, 6.45) is 11.9. The van der Waals surface area contributed by atoms with E-state index < -0.39 is 11.6 Å². The van der Waals surface area contributed by atoms with Crippen LogP contribution >= 0.6 is 0 Å². The number of aromatic nitrogens is 2. The molecule has 0 saturated heterocycles. The third-order valence-corrected chi connectivity index (χ3v) is 6.37. The monoisotopic (exact) mass is 416 g/mol. The summed E-state index contributed by atoms with van der Waals surface area (Å²) in [4.78, 5) is 0. The molecule has 1 heterocycles. The lowest BCUT2D eigenvalue weighted by Crippen LogP contribution is -2.15. The normalized spacial score (nSPS) is 19.1. The number of aryl methyl sites for hydroxylation is 1. The van der Waals surface area contributed by atoms with Crippen molar-refractivity contribution in [2.45, 2.75) is 78.1 Å². The van der Waals surface area contributed by atoms with Gasteiger partial charge in [-0.2, -0.15) is 0 Å². The zero-order valence-electron chi connectivity index (χ0n) is 18.3. The number of halogens is 2. The molecule has 0 unspecified atom stereocenters. The van der Waals surface area contributed by atoms with Gasteiger partial charge in [0.05, 0.1) is 12.3 Å². The van der Waals surface area contributed by atoms with Crippen molar-refractivity contribution in [1.29, 1.82) is 0 Å². The summed E-state index contributed by atoms with van der Waals surface area (Å²) < 4.78 is 34.6. The number of hydrogen-bond donors (Lipinski definition) is 0. The van der Waals surface area contributed by atoms with Crippen LogP contribution in [0.5, 0.6) is 5.88 Å². The average Bonchev–Trinajstić information content (AvgIpc) is 2.77. The van der Waals surface area contributed by atoms with Crippen LogP contribution < -0.4 is 4.74 Å². The van der Waals surface area contributed by atoms with Crippen LogP contribution in [0.25, 0.3) is 11.3 Å². The van der Waals surface area contributed by atoms with Crippen molar-refractivity contribution < 1.29 is 13.5 Å². The molecule has 1 aliphatic carbocycles. The number of rotatable bonds is 10. The first-order valence-electron chi connectivity index (χ1n) is 11.6. The van der Waals surface area contributed by atoms with Gasteiger partial charge < -0.3 is 4.74 Å². The Bertz CT molecular complexity index is 786. The summed E-state index contributed by atoms with van der Waals surface area (Å²) in [5.74, 6) is 0.281. The van der Waals surface area contributed by atoms with Gasteiger partial charge in [-0.05, 0) is 49.3 Å². The maximum absolute atomic E-state index is 14.7. The number of nitrogens with zero attached hydrogens (tertiary/aromatic N) is 2. The Labute approximate surface area is 179 Å². The molecule has 1 saturated carbocycles. The fourth-order valence-electron chi connectivity index (χ4n) is 4.52. The lowest BCUT2D eigenvalue weighted by atomic mass is 9.77. The van der Waals surface area contributed by atoms with Crippen molar-refractivity contribution in [3.63, 3.8) is 0 Å². The first kappa shape index (κ1) is 22.6. The highest BCUT2D eigenvalue weighted by atomic mass is 19.2. The van der Waals surface area contributed by atoms with Crippen LogP contribution in [-0.4, -0.2) is 16.8 Å². The predicted octanol–water partition coefficient (Wildman–Crippen LogP) is 7.14. The van der Waals surface area contributed by atoms with Crippen LogP contribution in [0.1, 0.15) is 77.2 Å². The second kappa shape index (κ2) is 11.4. The van der Waals surface area contributed by atoms with Gasteiger partial charge in [0.25, 0.3) is 0 Å².